The molecule has 120 valence electrons. The summed E-state index contributed by atoms with van der Waals surface area (Å²) in [6.45, 7) is 5.95. The van der Waals surface area contributed by atoms with Crippen molar-refractivity contribution < 1.29 is 0 Å². The fourth-order valence-electron chi connectivity index (χ4n) is 2.51. The van der Waals surface area contributed by atoms with Gasteiger partial charge in [0.1, 0.15) is 0 Å². The third kappa shape index (κ3) is 4.79. The molecule has 0 heterocycles. The summed E-state index contributed by atoms with van der Waals surface area (Å²) >= 11 is 0. The van der Waals surface area contributed by atoms with Crippen molar-refractivity contribution in [1.29, 1.82) is 0 Å². The zero-order valence-corrected chi connectivity index (χ0v) is 13.9. The standard InChI is InChI=1S/C18H28N4/c1-4-19-18(21-16-10-8-9-11-16)20-14-15(2)22(3)17-12-6-5-7-13-17/h5-9,12-13,15-16H,4,10-11,14H2,1-3H3,(H2,19,20,21). The Kier molecular flexibility index (Phi) is 6.31. The Bertz CT molecular complexity index is 487. The predicted molar refractivity (Wildman–Crippen MR) is 95.6 cm³/mol. The Morgan fingerprint density at radius 1 is 1.27 bits per heavy atom. The maximum atomic E-state index is 4.75. The molecule has 1 atom stereocenters. The summed E-state index contributed by atoms with van der Waals surface area (Å²) in [5.41, 5.74) is 1.23. The van der Waals surface area contributed by atoms with Crippen molar-refractivity contribution in [2.24, 2.45) is 4.99 Å². The quantitative estimate of drug-likeness (QED) is 0.482. The summed E-state index contributed by atoms with van der Waals surface area (Å²) < 4.78 is 0. The summed E-state index contributed by atoms with van der Waals surface area (Å²) in [7, 11) is 2.12. The van der Waals surface area contributed by atoms with Gasteiger partial charge in [0.15, 0.2) is 5.96 Å². The summed E-state index contributed by atoms with van der Waals surface area (Å²) in [5.74, 6) is 0.921. The topological polar surface area (TPSA) is 39.7 Å². The van der Waals surface area contributed by atoms with E-state index in [4.69, 9.17) is 4.99 Å². The number of likely N-dealkylation sites (N-methyl/N-ethyl adjacent to an activating group) is 1. The number of anilines is 1. The predicted octanol–water partition coefficient (Wildman–Crippen LogP) is 2.79. The van der Waals surface area contributed by atoms with E-state index in [9.17, 15) is 0 Å². The van der Waals surface area contributed by atoms with Crippen LogP contribution in [0.2, 0.25) is 0 Å². The van der Waals surface area contributed by atoms with E-state index >= 15 is 0 Å². The molecule has 0 aliphatic heterocycles. The lowest BCUT2D eigenvalue weighted by atomic mass is 10.2. The Labute approximate surface area is 134 Å². The Morgan fingerprint density at radius 3 is 2.59 bits per heavy atom. The Hall–Kier alpha value is -1.97. The highest BCUT2D eigenvalue weighted by Gasteiger charge is 2.13. The first kappa shape index (κ1) is 16.4. The van der Waals surface area contributed by atoms with E-state index in [1.54, 1.807) is 0 Å². The van der Waals surface area contributed by atoms with Gasteiger partial charge in [-0.1, -0.05) is 30.4 Å². The average molecular weight is 300 g/mol. The summed E-state index contributed by atoms with van der Waals surface area (Å²) in [4.78, 5) is 7.02. The van der Waals surface area contributed by atoms with Gasteiger partial charge >= 0.3 is 0 Å². The summed E-state index contributed by atoms with van der Waals surface area (Å²) in [6, 6.07) is 11.3. The molecular weight excluding hydrogens is 272 g/mol. The van der Waals surface area contributed by atoms with Crippen molar-refractivity contribution in [3.05, 3.63) is 42.5 Å². The maximum Gasteiger partial charge on any atom is 0.191 e. The third-order valence-corrected chi connectivity index (χ3v) is 4.03. The maximum absolute atomic E-state index is 4.75. The Morgan fingerprint density at radius 2 is 1.95 bits per heavy atom. The second kappa shape index (κ2) is 8.47. The molecule has 1 aliphatic rings. The first-order valence-corrected chi connectivity index (χ1v) is 8.18. The van der Waals surface area contributed by atoms with Crippen molar-refractivity contribution >= 4 is 11.6 Å². The molecule has 4 nitrogen and oxygen atoms in total. The summed E-state index contributed by atoms with van der Waals surface area (Å²) in [5, 5.41) is 6.84. The van der Waals surface area contributed by atoms with Crippen LogP contribution >= 0.6 is 0 Å². The van der Waals surface area contributed by atoms with E-state index in [1.807, 2.05) is 6.07 Å². The van der Waals surface area contributed by atoms with Crippen LogP contribution in [0, 0.1) is 0 Å². The van der Waals surface area contributed by atoms with Gasteiger partial charge in [-0.05, 0) is 38.8 Å². The van der Waals surface area contributed by atoms with Gasteiger partial charge in [-0.15, -0.1) is 0 Å². The van der Waals surface area contributed by atoms with Crippen LogP contribution in [-0.4, -0.2) is 38.2 Å². The first-order valence-electron chi connectivity index (χ1n) is 8.18. The van der Waals surface area contributed by atoms with Gasteiger partial charge in [0.2, 0.25) is 0 Å². The third-order valence-electron chi connectivity index (χ3n) is 4.03. The number of nitrogens with one attached hydrogen (secondary N) is 2. The molecule has 1 aromatic rings. The highest BCUT2D eigenvalue weighted by molar-refractivity contribution is 5.80. The number of nitrogens with zero attached hydrogens (tertiary/aromatic N) is 2. The largest absolute Gasteiger partial charge is 0.370 e. The lowest BCUT2D eigenvalue weighted by Gasteiger charge is -2.26. The second-order valence-corrected chi connectivity index (χ2v) is 5.80. The number of guanidine groups is 1. The van der Waals surface area contributed by atoms with Gasteiger partial charge in [0.05, 0.1) is 6.54 Å². The van der Waals surface area contributed by atoms with Gasteiger partial charge in [0.25, 0.3) is 0 Å². The molecule has 1 unspecified atom stereocenters. The molecule has 0 bridgehead atoms. The molecule has 0 saturated heterocycles. The normalized spacial score (nSPS) is 16.6. The number of benzene rings is 1. The number of rotatable bonds is 6. The van der Waals surface area contributed by atoms with E-state index in [-0.39, 0.29) is 0 Å². The monoisotopic (exact) mass is 300 g/mol. The number of hydrogen-bond acceptors (Lipinski definition) is 2. The molecule has 0 fully saturated rings. The van der Waals surface area contributed by atoms with Gasteiger partial charge in [0, 0.05) is 31.4 Å². The summed E-state index contributed by atoms with van der Waals surface area (Å²) in [6.07, 6.45) is 6.63. The van der Waals surface area contributed by atoms with Gasteiger partial charge in [-0.3, -0.25) is 4.99 Å². The molecule has 1 aliphatic carbocycles. The molecule has 0 amide bonds. The van der Waals surface area contributed by atoms with Gasteiger partial charge in [-0.2, -0.15) is 0 Å². The van der Waals surface area contributed by atoms with Crippen LogP contribution in [0.15, 0.2) is 47.5 Å². The minimum absolute atomic E-state index is 0.347. The number of hydrogen-bond donors (Lipinski definition) is 2. The Balaban J connectivity index is 1.90. The zero-order chi connectivity index (χ0) is 15.8. The van der Waals surface area contributed by atoms with E-state index in [1.165, 1.54) is 5.69 Å². The average Bonchev–Trinajstić information content (AvgIpc) is 3.05. The van der Waals surface area contributed by atoms with E-state index in [0.29, 0.717) is 12.1 Å². The molecule has 1 aromatic carbocycles. The van der Waals surface area contributed by atoms with Crippen LogP contribution in [0.3, 0.4) is 0 Å². The van der Waals surface area contributed by atoms with Crippen molar-refractivity contribution in [3.63, 3.8) is 0 Å². The van der Waals surface area contributed by atoms with Crippen molar-refractivity contribution in [3.8, 4) is 0 Å². The molecule has 4 heteroatoms. The van der Waals surface area contributed by atoms with Crippen LogP contribution in [0.5, 0.6) is 0 Å². The van der Waals surface area contributed by atoms with Crippen LogP contribution < -0.4 is 15.5 Å². The minimum Gasteiger partial charge on any atom is -0.370 e. The fraction of sp³-hybridized carbons (Fsp3) is 0.500. The lowest BCUT2D eigenvalue weighted by Crippen LogP contribution is -2.43. The highest BCUT2D eigenvalue weighted by atomic mass is 15.2. The molecule has 22 heavy (non-hydrogen) atoms. The van der Waals surface area contributed by atoms with Crippen LogP contribution in [-0.2, 0) is 0 Å². The molecule has 0 spiro atoms. The van der Waals surface area contributed by atoms with Crippen LogP contribution in [0.4, 0.5) is 5.69 Å². The van der Waals surface area contributed by atoms with E-state index in [2.05, 4.69) is 72.8 Å². The highest BCUT2D eigenvalue weighted by Crippen LogP contribution is 2.14. The van der Waals surface area contributed by atoms with Crippen LogP contribution in [0.25, 0.3) is 0 Å². The SMILES string of the molecule is CCNC(=NCC(C)N(C)c1ccccc1)NC1CC=CC1. The first-order chi connectivity index (χ1) is 10.7. The van der Waals surface area contributed by atoms with Crippen molar-refractivity contribution in [1.82, 2.24) is 10.6 Å². The van der Waals surface area contributed by atoms with E-state index < -0.39 is 0 Å². The van der Waals surface area contributed by atoms with Gasteiger partial charge in [-0.25, -0.2) is 0 Å². The molecule has 0 aromatic heterocycles. The molecular formula is C18H28N4. The van der Waals surface area contributed by atoms with Crippen molar-refractivity contribution in [2.75, 3.05) is 25.0 Å². The van der Waals surface area contributed by atoms with E-state index in [0.717, 1.165) is 31.9 Å². The second-order valence-electron chi connectivity index (χ2n) is 5.80. The molecule has 2 rings (SSSR count). The van der Waals surface area contributed by atoms with Crippen LogP contribution in [0.1, 0.15) is 26.7 Å². The zero-order valence-electron chi connectivity index (χ0n) is 13.9. The smallest absolute Gasteiger partial charge is 0.191 e. The fourth-order valence-corrected chi connectivity index (χ4v) is 2.51. The lowest BCUT2D eigenvalue weighted by molar-refractivity contribution is 0.626. The molecule has 2 N–H and O–H groups in total. The number of para-hydroxylation sites is 1. The minimum atomic E-state index is 0.347. The molecule has 0 radical (unpaired) electrons. The van der Waals surface area contributed by atoms with Gasteiger partial charge < -0.3 is 15.5 Å². The van der Waals surface area contributed by atoms with Crippen molar-refractivity contribution in [2.45, 2.75) is 38.8 Å². The number of aliphatic imine (C=N–C) groups is 1. The molecule has 0 saturated carbocycles.